The molecule has 98 valence electrons. The molecule has 0 radical (unpaired) electrons. The van der Waals surface area contributed by atoms with Crippen LogP contribution in [0.1, 0.15) is 37.8 Å². The van der Waals surface area contributed by atoms with E-state index >= 15 is 0 Å². The molecule has 3 heteroatoms. The highest BCUT2D eigenvalue weighted by atomic mass is 15.1. The van der Waals surface area contributed by atoms with Crippen LogP contribution < -0.4 is 5.73 Å². The van der Waals surface area contributed by atoms with E-state index in [0.717, 1.165) is 29.8 Å². The maximum absolute atomic E-state index is 5.98. The molecule has 2 unspecified atom stereocenters. The molecule has 2 N–H and O–H groups in total. The molecule has 0 bridgehead atoms. The maximum atomic E-state index is 5.98. The van der Waals surface area contributed by atoms with E-state index in [0.29, 0.717) is 0 Å². The molecule has 0 spiro atoms. The molecule has 2 fully saturated rings. The van der Waals surface area contributed by atoms with Gasteiger partial charge in [0.1, 0.15) is 0 Å². The van der Waals surface area contributed by atoms with Crippen LogP contribution in [-0.4, -0.2) is 23.0 Å². The zero-order valence-corrected chi connectivity index (χ0v) is 11.0. The van der Waals surface area contributed by atoms with Gasteiger partial charge in [-0.1, -0.05) is 19.3 Å². The van der Waals surface area contributed by atoms with Gasteiger partial charge in [-0.2, -0.15) is 0 Å². The summed E-state index contributed by atoms with van der Waals surface area (Å²) in [4.78, 5) is 6.96. The van der Waals surface area contributed by atoms with Gasteiger partial charge >= 0.3 is 0 Å². The van der Waals surface area contributed by atoms with Gasteiger partial charge in [-0.3, -0.25) is 9.88 Å². The Morgan fingerprint density at radius 1 is 1.22 bits per heavy atom. The van der Waals surface area contributed by atoms with E-state index in [2.05, 4.69) is 9.88 Å². The molecule has 1 aromatic heterocycles. The number of rotatable bonds is 2. The van der Waals surface area contributed by atoms with E-state index in [1.165, 1.54) is 45.2 Å². The molecular weight excluding hydrogens is 222 g/mol. The molecule has 1 aromatic rings. The standard InChI is InChI=1S/C15H23N3/c16-14-6-3-8-17-15(14)11-18-9-7-12-4-1-2-5-13(12)10-18/h3,6,8,12-13H,1-2,4-5,7,9-11,16H2. The van der Waals surface area contributed by atoms with E-state index < -0.39 is 0 Å². The van der Waals surface area contributed by atoms with Crippen LogP contribution in [0.3, 0.4) is 0 Å². The van der Waals surface area contributed by atoms with Crippen molar-refractivity contribution in [3.05, 3.63) is 24.0 Å². The van der Waals surface area contributed by atoms with Crippen LogP contribution in [0.2, 0.25) is 0 Å². The number of nitrogens with two attached hydrogens (primary N) is 1. The van der Waals surface area contributed by atoms with Crippen molar-refractivity contribution in [1.82, 2.24) is 9.88 Å². The van der Waals surface area contributed by atoms with Crippen molar-refractivity contribution >= 4 is 5.69 Å². The van der Waals surface area contributed by atoms with Crippen molar-refractivity contribution in [3.8, 4) is 0 Å². The van der Waals surface area contributed by atoms with Gasteiger partial charge in [0.15, 0.2) is 0 Å². The van der Waals surface area contributed by atoms with Crippen LogP contribution in [0.4, 0.5) is 5.69 Å². The fraction of sp³-hybridized carbons (Fsp3) is 0.667. The van der Waals surface area contributed by atoms with Gasteiger partial charge in [0.25, 0.3) is 0 Å². The van der Waals surface area contributed by atoms with Crippen LogP contribution in [0.5, 0.6) is 0 Å². The summed E-state index contributed by atoms with van der Waals surface area (Å²) in [5.41, 5.74) is 7.86. The Bertz CT molecular complexity index is 404. The van der Waals surface area contributed by atoms with Gasteiger partial charge < -0.3 is 5.73 Å². The average molecular weight is 245 g/mol. The summed E-state index contributed by atoms with van der Waals surface area (Å²) in [6.45, 7) is 3.40. The molecular formula is C15H23N3. The monoisotopic (exact) mass is 245 g/mol. The maximum Gasteiger partial charge on any atom is 0.0772 e. The Morgan fingerprint density at radius 2 is 2.06 bits per heavy atom. The number of hydrogen-bond acceptors (Lipinski definition) is 3. The van der Waals surface area contributed by atoms with Crippen LogP contribution in [-0.2, 0) is 6.54 Å². The summed E-state index contributed by atoms with van der Waals surface area (Å²) in [5, 5.41) is 0. The Labute approximate surface area is 109 Å². The van der Waals surface area contributed by atoms with Crippen LogP contribution in [0.15, 0.2) is 18.3 Å². The SMILES string of the molecule is Nc1cccnc1CN1CCC2CCCCC2C1. The molecule has 2 heterocycles. The summed E-state index contributed by atoms with van der Waals surface area (Å²) in [5.74, 6) is 1.92. The first kappa shape index (κ1) is 12.0. The van der Waals surface area contributed by atoms with E-state index in [4.69, 9.17) is 5.73 Å². The first-order valence-electron chi connectivity index (χ1n) is 7.24. The summed E-state index contributed by atoms with van der Waals surface area (Å²) in [6.07, 6.45) is 8.99. The zero-order valence-electron chi connectivity index (χ0n) is 11.0. The summed E-state index contributed by atoms with van der Waals surface area (Å²) in [6, 6.07) is 3.86. The van der Waals surface area contributed by atoms with Crippen LogP contribution in [0, 0.1) is 11.8 Å². The third kappa shape index (κ3) is 2.51. The molecule has 2 aliphatic rings. The molecule has 0 amide bonds. The summed E-state index contributed by atoms with van der Waals surface area (Å²) in [7, 11) is 0. The lowest BCUT2D eigenvalue weighted by atomic mass is 9.75. The highest BCUT2D eigenvalue weighted by Crippen LogP contribution is 2.36. The minimum atomic E-state index is 0.836. The molecule has 1 aliphatic heterocycles. The second-order valence-electron chi connectivity index (χ2n) is 5.87. The van der Waals surface area contributed by atoms with Crippen molar-refractivity contribution in [2.24, 2.45) is 11.8 Å². The van der Waals surface area contributed by atoms with E-state index in [1.807, 2.05) is 18.3 Å². The van der Waals surface area contributed by atoms with E-state index in [1.54, 1.807) is 0 Å². The fourth-order valence-corrected chi connectivity index (χ4v) is 3.61. The number of pyridine rings is 1. The first-order chi connectivity index (χ1) is 8.83. The number of hydrogen-bond donors (Lipinski definition) is 1. The molecule has 1 aliphatic carbocycles. The molecule has 2 atom stereocenters. The van der Waals surface area contributed by atoms with Crippen molar-refractivity contribution < 1.29 is 0 Å². The van der Waals surface area contributed by atoms with Gasteiger partial charge in [-0.05, 0) is 43.4 Å². The number of piperidine rings is 1. The van der Waals surface area contributed by atoms with Gasteiger partial charge in [0, 0.05) is 19.3 Å². The van der Waals surface area contributed by atoms with Gasteiger partial charge in [0.2, 0.25) is 0 Å². The van der Waals surface area contributed by atoms with E-state index in [9.17, 15) is 0 Å². The minimum absolute atomic E-state index is 0.836. The van der Waals surface area contributed by atoms with Crippen LogP contribution >= 0.6 is 0 Å². The lowest BCUT2D eigenvalue weighted by Crippen LogP contribution is -2.41. The van der Waals surface area contributed by atoms with Gasteiger partial charge in [-0.15, -0.1) is 0 Å². The lowest BCUT2D eigenvalue weighted by Gasteiger charge is -2.41. The average Bonchev–Trinajstić information content (AvgIpc) is 2.41. The summed E-state index contributed by atoms with van der Waals surface area (Å²) >= 11 is 0. The predicted octanol–water partition coefficient (Wildman–Crippen LogP) is 2.68. The zero-order chi connectivity index (χ0) is 12.4. The van der Waals surface area contributed by atoms with Gasteiger partial charge in [-0.25, -0.2) is 0 Å². The Hall–Kier alpha value is -1.09. The first-order valence-corrected chi connectivity index (χ1v) is 7.24. The predicted molar refractivity (Wildman–Crippen MR) is 74.0 cm³/mol. The Balaban J connectivity index is 1.63. The third-order valence-corrected chi connectivity index (χ3v) is 4.67. The van der Waals surface area contributed by atoms with E-state index in [-0.39, 0.29) is 0 Å². The van der Waals surface area contributed by atoms with Crippen molar-refractivity contribution in [3.63, 3.8) is 0 Å². The summed E-state index contributed by atoms with van der Waals surface area (Å²) < 4.78 is 0. The Kier molecular flexibility index (Phi) is 3.50. The topological polar surface area (TPSA) is 42.1 Å². The number of anilines is 1. The molecule has 18 heavy (non-hydrogen) atoms. The number of likely N-dealkylation sites (tertiary alicyclic amines) is 1. The molecule has 3 rings (SSSR count). The molecule has 0 aromatic carbocycles. The largest absolute Gasteiger partial charge is 0.397 e. The molecule has 3 nitrogen and oxygen atoms in total. The fourth-order valence-electron chi connectivity index (χ4n) is 3.61. The number of aromatic nitrogens is 1. The molecule has 1 saturated heterocycles. The highest BCUT2D eigenvalue weighted by molar-refractivity contribution is 5.41. The highest BCUT2D eigenvalue weighted by Gasteiger charge is 2.31. The number of fused-ring (bicyclic) bond motifs is 1. The smallest absolute Gasteiger partial charge is 0.0772 e. The van der Waals surface area contributed by atoms with Crippen molar-refractivity contribution in [1.29, 1.82) is 0 Å². The quantitative estimate of drug-likeness (QED) is 0.871. The Morgan fingerprint density at radius 3 is 2.89 bits per heavy atom. The third-order valence-electron chi connectivity index (χ3n) is 4.67. The second-order valence-corrected chi connectivity index (χ2v) is 5.87. The normalized spacial score (nSPS) is 28.9. The number of nitrogen functional groups attached to an aromatic ring is 1. The van der Waals surface area contributed by atoms with Crippen molar-refractivity contribution in [2.75, 3.05) is 18.8 Å². The number of nitrogens with zero attached hydrogens (tertiary/aromatic N) is 2. The molecule has 1 saturated carbocycles. The lowest BCUT2D eigenvalue weighted by molar-refractivity contribution is 0.0814. The van der Waals surface area contributed by atoms with Crippen LogP contribution in [0.25, 0.3) is 0 Å². The van der Waals surface area contributed by atoms with Gasteiger partial charge in [0.05, 0.1) is 11.4 Å². The van der Waals surface area contributed by atoms with Crippen molar-refractivity contribution in [2.45, 2.75) is 38.6 Å². The minimum Gasteiger partial charge on any atom is -0.397 e. The second kappa shape index (κ2) is 5.27.